The van der Waals surface area contributed by atoms with Gasteiger partial charge in [0, 0.05) is 30.8 Å². The number of halogens is 1. The van der Waals surface area contributed by atoms with Crippen LogP contribution in [0.5, 0.6) is 0 Å². The van der Waals surface area contributed by atoms with E-state index in [9.17, 15) is 18.8 Å². The van der Waals surface area contributed by atoms with E-state index in [1.807, 2.05) is 0 Å². The second-order valence-electron chi connectivity index (χ2n) is 6.55. The van der Waals surface area contributed by atoms with Gasteiger partial charge in [0.25, 0.3) is 0 Å². The Hall–Kier alpha value is -3.22. The zero-order valence-electron chi connectivity index (χ0n) is 14.7. The summed E-state index contributed by atoms with van der Waals surface area (Å²) in [5.41, 5.74) is 7.02. The van der Waals surface area contributed by atoms with Gasteiger partial charge in [-0.05, 0) is 48.4 Å². The van der Waals surface area contributed by atoms with Crippen LogP contribution in [0.25, 0.3) is 0 Å². The average molecular weight is 369 g/mol. The normalized spacial score (nSPS) is 16.4. The molecular formula is C20H20FN3O3. The van der Waals surface area contributed by atoms with E-state index < -0.39 is 11.8 Å². The molecule has 0 bridgehead atoms. The second kappa shape index (κ2) is 7.99. The Morgan fingerprint density at radius 3 is 2.41 bits per heavy atom. The van der Waals surface area contributed by atoms with Crippen molar-refractivity contribution in [2.75, 3.05) is 18.4 Å². The minimum absolute atomic E-state index is 0.0682. The predicted octanol–water partition coefficient (Wildman–Crippen LogP) is 1.95. The minimum atomic E-state index is -0.536. The van der Waals surface area contributed by atoms with E-state index in [1.54, 1.807) is 29.2 Å². The van der Waals surface area contributed by atoms with Gasteiger partial charge in [-0.3, -0.25) is 14.4 Å². The predicted molar refractivity (Wildman–Crippen MR) is 98.4 cm³/mol. The van der Waals surface area contributed by atoms with Gasteiger partial charge in [-0.2, -0.15) is 0 Å². The largest absolute Gasteiger partial charge is 0.366 e. The third-order valence-corrected chi connectivity index (χ3v) is 4.61. The number of carbonyl (C=O) groups excluding carboxylic acids is 3. The standard InChI is InChI=1S/C20H20FN3O3/c21-16-5-1-13(2-6-16)9-10-24-12-15(11-18(24)25)20(27)23-17-7-3-14(4-8-17)19(22)26/h1-8,15H,9-12H2,(H2,22,26)(H,23,27)/t15-/m0/s1. The molecule has 6 nitrogen and oxygen atoms in total. The highest BCUT2D eigenvalue weighted by molar-refractivity contribution is 5.98. The third-order valence-electron chi connectivity index (χ3n) is 4.61. The molecule has 2 aromatic carbocycles. The number of amides is 3. The van der Waals surface area contributed by atoms with Gasteiger partial charge in [-0.1, -0.05) is 12.1 Å². The molecule has 0 unspecified atom stereocenters. The Kier molecular flexibility index (Phi) is 5.49. The number of likely N-dealkylation sites (tertiary alicyclic amines) is 1. The van der Waals surface area contributed by atoms with Crippen molar-refractivity contribution in [3.63, 3.8) is 0 Å². The average Bonchev–Trinajstić information content (AvgIpc) is 3.03. The van der Waals surface area contributed by atoms with Gasteiger partial charge in [0.1, 0.15) is 5.82 Å². The molecule has 0 spiro atoms. The zero-order valence-corrected chi connectivity index (χ0v) is 14.7. The maximum Gasteiger partial charge on any atom is 0.248 e. The topological polar surface area (TPSA) is 92.5 Å². The molecule has 27 heavy (non-hydrogen) atoms. The number of hydrogen-bond donors (Lipinski definition) is 2. The van der Waals surface area contributed by atoms with E-state index in [1.165, 1.54) is 24.3 Å². The van der Waals surface area contributed by atoms with Crippen LogP contribution in [0.1, 0.15) is 22.3 Å². The Labute approximate surface area is 156 Å². The molecule has 7 heteroatoms. The molecule has 3 rings (SSSR count). The molecule has 0 aromatic heterocycles. The first-order valence-corrected chi connectivity index (χ1v) is 8.65. The van der Waals surface area contributed by atoms with E-state index in [4.69, 9.17) is 5.73 Å². The highest BCUT2D eigenvalue weighted by Gasteiger charge is 2.34. The highest BCUT2D eigenvalue weighted by Crippen LogP contribution is 2.21. The first-order chi connectivity index (χ1) is 12.9. The number of hydrogen-bond acceptors (Lipinski definition) is 3. The molecule has 1 heterocycles. The van der Waals surface area contributed by atoms with Crippen molar-refractivity contribution in [1.82, 2.24) is 4.90 Å². The maximum atomic E-state index is 12.9. The molecule has 1 aliphatic heterocycles. The van der Waals surface area contributed by atoms with Gasteiger partial charge in [0.05, 0.1) is 5.92 Å². The summed E-state index contributed by atoms with van der Waals surface area (Å²) < 4.78 is 12.9. The Morgan fingerprint density at radius 2 is 1.78 bits per heavy atom. The third kappa shape index (κ3) is 4.69. The first kappa shape index (κ1) is 18.6. The summed E-state index contributed by atoms with van der Waals surface area (Å²) in [6, 6.07) is 12.4. The molecule has 2 aromatic rings. The van der Waals surface area contributed by atoms with Crippen LogP contribution in [0.4, 0.5) is 10.1 Å². The lowest BCUT2D eigenvalue weighted by atomic mass is 10.1. The number of rotatable bonds is 6. The van der Waals surface area contributed by atoms with E-state index in [-0.39, 0.29) is 24.1 Å². The fourth-order valence-electron chi connectivity index (χ4n) is 3.04. The van der Waals surface area contributed by atoms with Crippen LogP contribution in [0.3, 0.4) is 0 Å². The smallest absolute Gasteiger partial charge is 0.248 e. The molecule has 3 amide bonds. The fourth-order valence-corrected chi connectivity index (χ4v) is 3.04. The van der Waals surface area contributed by atoms with Crippen LogP contribution in [0.2, 0.25) is 0 Å². The van der Waals surface area contributed by atoms with Crippen molar-refractivity contribution >= 4 is 23.4 Å². The molecule has 1 aliphatic rings. The van der Waals surface area contributed by atoms with Crippen LogP contribution in [-0.4, -0.2) is 35.7 Å². The van der Waals surface area contributed by atoms with E-state index in [0.717, 1.165) is 5.56 Å². The van der Waals surface area contributed by atoms with Crippen molar-refractivity contribution in [1.29, 1.82) is 0 Å². The summed E-state index contributed by atoms with van der Waals surface area (Å²) in [4.78, 5) is 37.3. The van der Waals surface area contributed by atoms with Gasteiger partial charge in [0.2, 0.25) is 17.7 Å². The highest BCUT2D eigenvalue weighted by atomic mass is 19.1. The lowest BCUT2D eigenvalue weighted by molar-refractivity contribution is -0.128. The summed E-state index contributed by atoms with van der Waals surface area (Å²) in [5.74, 6) is -1.56. The lowest BCUT2D eigenvalue weighted by Crippen LogP contribution is -2.30. The molecule has 1 atom stereocenters. The van der Waals surface area contributed by atoms with Crippen molar-refractivity contribution in [3.05, 3.63) is 65.5 Å². The van der Waals surface area contributed by atoms with Crippen LogP contribution in [-0.2, 0) is 16.0 Å². The van der Waals surface area contributed by atoms with E-state index in [0.29, 0.717) is 30.8 Å². The number of nitrogens with zero attached hydrogens (tertiary/aromatic N) is 1. The number of anilines is 1. The Balaban J connectivity index is 1.53. The molecule has 1 saturated heterocycles. The quantitative estimate of drug-likeness (QED) is 0.815. The van der Waals surface area contributed by atoms with Gasteiger partial charge >= 0.3 is 0 Å². The van der Waals surface area contributed by atoms with Gasteiger partial charge < -0.3 is 16.0 Å². The minimum Gasteiger partial charge on any atom is -0.366 e. The molecule has 3 N–H and O–H groups in total. The number of nitrogens with two attached hydrogens (primary N) is 1. The van der Waals surface area contributed by atoms with Crippen molar-refractivity contribution in [2.24, 2.45) is 11.7 Å². The van der Waals surface area contributed by atoms with Crippen LogP contribution >= 0.6 is 0 Å². The SMILES string of the molecule is NC(=O)c1ccc(NC(=O)[C@H]2CC(=O)N(CCc3ccc(F)cc3)C2)cc1. The summed E-state index contributed by atoms with van der Waals surface area (Å²) in [7, 11) is 0. The summed E-state index contributed by atoms with van der Waals surface area (Å²) in [5, 5.41) is 2.76. The fraction of sp³-hybridized carbons (Fsp3) is 0.250. The monoisotopic (exact) mass is 369 g/mol. The second-order valence-corrected chi connectivity index (χ2v) is 6.55. The van der Waals surface area contributed by atoms with Crippen molar-refractivity contribution < 1.29 is 18.8 Å². The molecule has 0 radical (unpaired) electrons. The van der Waals surface area contributed by atoms with Crippen molar-refractivity contribution in [2.45, 2.75) is 12.8 Å². The summed E-state index contributed by atoms with van der Waals surface area (Å²) in [6.45, 7) is 0.840. The van der Waals surface area contributed by atoms with Crippen LogP contribution in [0.15, 0.2) is 48.5 Å². The first-order valence-electron chi connectivity index (χ1n) is 8.65. The van der Waals surface area contributed by atoms with Gasteiger partial charge in [0.15, 0.2) is 0 Å². The summed E-state index contributed by atoms with van der Waals surface area (Å²) in [6.07, 6.45) is 0.767. The van der Waals surface area contributed by atoms with E-state index >= 15 is 0 Å². The Morgan fingerprint density at radius 1 is 1.11 bits per heavy atom. The Bertz CT molecular complexity index is 850. The number of primary amides is 1. The molecule has 1 fully saturated rings. The number of nitrogens with one attached hydrogen (secondary N) is 1. The van der Waals surface area contributed by atoms with Gasteiger partial charge in [-0.25, -0.2) is 4.39 Å². The maximum absolute atomic E-state index is 12.9. The number of carbonyl (C=O) groups is 3. The lowest BCUT2D eigenvalue weighted by Gasteiger charge is -2.16. The molecule has 140 valence electrons. The van der Waals surface area contributed by atoms with Gasteiger partial charge in [-0.15, -0.1) is 0 Å². The van der Waals surface area contributed by atoms with Crippen LogP contribution in [0, 0.1) is 11.7 Å². The molecular weight excluding hydrogens is 349 g/mol. The van der Waals surface area contributed by atoms with Crippen LogP contribution < -0.4 is 11.1 Å². The van der Waals surface area contributed by atoms with E-state index in [2.05, 4.69) is 5.32 Å². The molecule has 0 aliphatic carbocycles. The number of benzene rings is 2. The van der Waals surface area contributed by atoms with Crippen molar-refractivity contribution in [3.8, 4) is 0 Å². The summed E-state index contributed by atoms with van der Waals surface area (Å²) >= 11 is 0. The molecule has 0 saturated carbocycles. The zero-order chi connectivity index (χ0) is 19.4.